The number of thiazole rings is 1. The first-order chi connectivity index (χ1) is 11.0. The minimum absolute atomic E-state index is 0.310. The molecule has 1 heterocycles. The largest absolute Gasteiger partial charge is 0.493 e. The summed E-state index contributed by atoms with van der Waals surface area (Å²) in [7, 11) is 4.06. The van der Waals surface area contributed by atoms with Crippen LogP contribution in [0.4, 0.5) is 0 Å². The summed E-state index contributed by atoms with van der Waals surface area (Å²) in [6, 6.07) is 7.65. The number of aryl methyl sites for hydroxylation is 1. The fourth-order valence-corrected chi connectivity index (χ4v) is 3.23. The summed E-state index contributed by atoms with van der Waals surface area (Å²) in [6.45, 7) is 3.49. The molecule has 0 radical (unpaired) electrons. The molecule has 2 aromatic rings. The monoisotopic (exact) mass is 334 g/mol. The summed E-state index contributed by atoms with van der Waals surface area (Å²) in [6.07, 6.45) is 1.53. The first-order valence-electron chi connectivity index (χ1n) is 7.62. The molecule has 23 heavy (non-hydrogen) atoms. The van der Waals surface area contributed by atoms with E-state index < -0.39 is 5.97 Å². The Morgan fingerprint density at radius 2 is 2.09 bits per heavy atom. The molecule has 124 valence electrons. The van der Waals surface area contributed by atoms with Crippen LogP contribution in [0, 0.1) is 0 Å². The molecular weight excluding hydrogens is 312 g/mol. The van der Waals surface area contributed by atoms with Crippen LogP contribution in [0.2, 0.25) is 0 Å². The van der Waals surface area contributed by atoms with Crippen LogP contribution < -0.4 is 4.74 Å². The van der Waals surface area contributed by atoms with Gasteiger partial charge in [-0.2, -0.15) is 0 Å². The van der Waals surface area contributed by atoms with Crippen LogP contribution in [0.25, 0.3) is 10.6 Å². The molecule has 0 aliphatic rings. The van der Waals surface area contributed by atoms with Gasteiger partial charge in [-0.05, 0) is 39.1 Å². The number of para-hydroxylation sites is 1. The van der Waals surface area contributed by atoms with Crippen LogP contribution in [-0.4, -0.2) is 48.2 Å². The number of benzene rings is 1. The number of carboxylic acids is 1. The van der Waals surface area contributed by atoms with Gasteiger partial charge in [0.2, 0.25) is 0 Å². The third kappa shape index (κ3) is 4.53. The zero-order chi connectivity index (χ0) is 16.8. The van der Waals surface area contributed by atoms with E-state index in [1.165, 1.54) is 11.3 Å². The third-order valence-electron chi connectivity index (χ3n) is 3.35. The second kappa shape index (κ2) is 8.08. The van der Waals surface area contributed by atoms with Crippen LogP contribution >= 0.6 is 11.3 Å². The highest BCUT2D eigenvalue weighted by atomic mass is 32.1. The smallest absolute Gasteiger partial charge is 0.347 e. The number of aromatic nitrogens is 1. The summed E-state index contributed by atoms with van der Waals surface area (Å²) in [5, 5.41) is 9.98. The van der Waals surface area contributed by atoms with Gasteiger partial charge in [0.05, 0.1) is 17.9 Å². The highest BCUT2D eigenvalue weighted by Gasteiger charge is 2.18. The number of hydrogen-bond donors (Lipinski definition) is 1. The highest BCUT2D eigenvalue weighted by molar-refractivity contribution is 7.17. The summed E-state index contributed by atoms with van der Waals surface area (Å²) in [4.78, 5) is 18.2. The normalized spacial score (nSPS) is 11.0. The molecule has 0 spiro atoms. The molecule has 0 atom stereocenters. The average molecular weight is 334 g/mol. The predicted octanol–water partition coefficient (Wildman–Crippen LogP) is 3.40. The van der Waals surface area contributed by atoms with Gasteiger partial charge in [-0.25, -0.2) is 9.78 Å². The van der Waals surface area contributed by atoms with Crippen molar-refractivity contribution in [2.45, 2.75) is 19.8 Å². The topological polar surface area (TPSA) is 62.7 Å². The number of hydrogen-bond acceptors (Lipinski definition) is 5. The van der Waals surface area contributed by atoms with E-state index in [-0.39, 0.29) is 0 Å². The molecule has 6 heteroatoms. The van der Waals surface area contributed by atoms with Crippen LogP contribution in [0.1, 0.15) is 28.7 Å². The van der Waals surface area contributed by atoms with Crippen molar-refractivity contribution in [2.24, 2.45) is 0 Å². The lowest BCUT2D eigenvalue weighted by atomic mass is 10.2. The summed E-state index contributed by atoms with van der Waals surface area (Å²) in [5.74, 6) is -0.172. The van der Waals surface area contributed by atoms with Gasteiger partial charge in [-0.1, -0.05) is 19.1 Å². The Bertz CT molecular complexity index is 668. The zero-order valence-electron chi connectivity index (χ0n) is 13.7. The zero-order valence-corrected chi connectivity index (χ0v) is 14.5. The van der Waals surface area contributed by atoms with Crippen LogP contribution in [-0.2, 0) is 6.42 Å². The highest BCUT2D eigenvalue weighted by Crippen LogP contribution is 2.34. The van der Waals surface area contributed by atoms with Gasteiger partial charge in [0, 0.05) is 6.54 Å². The molecule has 1 N–H and O–H groups in total. The van der Waals surface area contributed by atoms with Crippen molar-refractivity contribution >= 4 is 17.3 Å². The molecule has 0 unspecified atom stereocenters. The summed E-state index contributed by atoms with van der Waals surface area (Å²) in [5.41, 5.74) is 1.48. The molecule has 0 fully saturated rings. The Balaban J connectivity index is 2.21. The van der Waals surface area contributed by atoms with Crippen LogP contribution in [0.3, 0.4) is 0 Å². The molecule has 0 bridgehead atoms. The average Bonchev–Trinajstić information content (AvgIpc) is 2.96. The van der Waals surface area contributed by atoms with Gasteiger partial charge in [0.15, 0.2) is 0 Å². The van der Waals surface area contributed by atoms with Gasteiger partial charge in [0.1, 0.15) is 15.6 Å². The molecule has 0 aliphatic heterocycles. The van der Waals surface area contributed by atoms with Crippen molar-refractivity contribution in [1.82, 2.24) is 9.88 Å². The fraction of sp³-hybridized carbons (Fsp3) is 0.412. The van der Waals surface area contributed by atoms with Crippen LogP contribution in [0.5, 0.6) is 5.75 Å². The van der Waals surface area contributed by atoms with E-state index in [1.807, 2.05) is 45.3 Å². The van der Waals surface area contributed by atoms with E-state index in [9.17, 15) is 9.90 Å². The van der Waals surface area contributed by atoms with Gasteiger partial charge >= 0.3 is 5.97 Å². The summed E-state index contributed by atoms with van der Waals surface area (Å²) >= 11 is 1.20. The number of carboxylic acid groups (broad SMARTS) is 1. The lowest BCUT2D eigenvalue weighted by Crippen LogP contribution is -2.15. The molecule has 0 aliphatic carbocycles. The lowest BCUT2D eigenvalue weighted by molar-refractivity contribution is 0.0701. The van der Waals surface area contributed by atoms with E-state index >= 15 is 0 Å². The number of aromatic carboxylic acids is 1. The van der Waals surface area contributed by atoms with Crippen molar-refractivity contribution < 1.29 is 14.6 Å². The Labute approximate surface area is 140 Å². The minimum atomic E-state index is -0.921. The van der Waals surface area contributed by atoms with Crippen molar-refractivity contribution in [3.05, 3.63) is 34.8 Å². The van der Waals surface area contributed by atoms with E-state index in [4.69, 9.17) is 4.74 Å². The molecule has 0 saturated carbocycles. The van der Waals surface area contributed by atoms with Gasteiger partial charge in [-0.15, -0.1) is 11.3 Å². The van der Waals surface area contributed by atoms with E-state index in [2.05, 4.69) is 9.88 Å². The molecular formula is C17H22N2O3S. The van der Waals surface area contributed by atoms with Gasteiger partial charge in [-0.3, -0.25) is 0 Å². The maximum atomic E-state index is 11.3. The van der Waals surface area contributed by atoms with Crippen molar-refractivity contribution in [3.63, 3.8) is 0 Å². The van der Waals surface area contributed by atoms with Crippen molar-refractivity contribution in [2.75, 3.05) is 27.2 Å². The van der Waals surface area contributed by atoms with E-state index in [0.717, 1.165) is 24.3 Å². The van der Waals surface area contributed by atoms with Gasteiger partial charge in [0.25, 0.3) is 0 Å². The maximum absolute atomic E-state index is 11.3. The number of rotatable bonds is 8. The van der Waals surface area contributed by atoms with E-state index in [1.54, 1.807) is 0 Å². The SMILES string of the molecule is CCc1nc(-c2ccccc2OCCCN(C)C)sc1C(=O)O. The molecule has 1 aromatic carbocycles. The summed E-state index contributed by atoms with van der Waals surface area (Å²) < 4.78 is 5.88. The lowest BCUT2D eigenvalue weighted by Gasteiger charge is -2.12. The molecule has 0 saturated heterocycles. The number of carbonyl (C=O) groups is 1. The van der Waals surface area contributed by atoms with E-state index in [0.29, 0.717) is 28.6 Å². The van der Waals surface area contributed by atoms with Crippen LogP contribution in [0.15, 0.2) is 24.3 Å². The Morgan fingerprint density at radius 3 is 2.70 bits per heavy atom. The number of nitrogens with zero attached hydrogens (tertiary/aromatic N) is 2. The first-order valence-corrected chi connectivity index (χ1v) is 8.44. The number of ether oxygens (including phenoxy) is 1. The first kappa shape index (κ1) is 17.4. The second-order valence-corrected chi connectivity index (χ2v) is 6.45. The van der Waals surface area contributed by atoms with Gasteiger partial charge < -0.3 is 14.7 Å². The predicted molar refractivity (Wildman–Crippen MR) is 92.6 cm³/mol. The Kier molecular flexibility index (Phi) is 6.12. The Morgan fingerprint density at radius 1 is 1.35 bits per heavy atom. The second-order valence-electron chi connectivity index (χ2n) is 5.45. The molecule has 5 nitrogen and oxygen atoms in total. The van der Waals surface area contributed by atoms with Crippen molar-refractivity contribution in [1.29, 1.82) is 0 Å². The maximum Gasteiger partial charge on any atom is 0.347 e. The third-order valence-corrected chi connectivity index (χ3v) is 4.47. The van der Waals surface area contributed by atoms with Crippen molar-refractivity contribution in [3.8, 4) is 16.3 Å². The Hall–Kier alpha value is -1.92. The molecule has 2 rings (SSSR count). The molecule has 1 aromatic heterocycles. The standard InChI is InChI=1S/C17H22N2O3S/c1-4-13-15(17(20)21)23-16(18-13)12-8-5-6-9-14(12)22-11-7-10-19(2)3/h5-6,8-9H,4,7,10-11H2,1-3H3,(H,20,21). The minimum Gasteiger partial charge on any atom is -0.493 e. The quantitative estimate of drug-likeness (QED) is 0.750. The fourth-order valence-electron chi connectivity index (χ4n) is 2.21. The molecule has 0 amide bonds.